The number of carbonyl (C=O) groups excluding carboxylic acids is 3. The molecule has 0 unspecified atom stereocenters. The van der Waals surface area contributed by atoms with Crippen LogP contribution in [0.15, 0.2) is 119 Å². The van der Waals surface area contributed by atoms with E-state index in [1.165, 1.54) is 47.4 Å². The lowest BCUT2D eigenvalue weighted by molar-refractivity contribution is -0.114. The van der Waals surface area contributed by atoms with E-state index in [2.05, 4.69) is 20.9 Å². The molecule has 44 heavy (non-hydrogen) atoms. The fraction of sp³-hybridized carbons (Fsp3) is 0.0303. The van der Waals surface area contributed by atoms with Gasteiger partial charge in [-0.1, -0.05) is 60.1 Å². The number of hydrogen-bond acceptors (Lipinski definition) is 6. The lowest BCUT2D eigenvalue weighted by atomic mass is 10.1. The van der Waals surface area contributed by atoms with Gasteiger partial charge in [0.1, 0.15) is 11.5 Å². The van der Waals surface area contributed by atoms with Crippen molar-refractivity contribution >= 4 is 69.3 Å². The number of carbonyl (C=O) groups is 3. The van der Waals surface area contributed by atoms with Crippen molar-refractivity contribution in [2.24, 2.45) is 0 Å². The highest BCUT2D eigenvalue weighted by Gasteiger charge is 2.16. The summed E-state index contributed by atoms with van der Waals surface area (Å²) < 4.78 is 14.4. The maximum atomic E-state index is 14.4. The summed E-state index contributed by atoms with van der Waals surface area (Å²) in [6.45, 7) is 0. The number of aromatic nitrogens is 1. The molecule has 4 aromatic carbocycles. The molecule has 5 rings (SSSR count). The number of nitrogens with zero attached hydrogens (tertiary/aromatic N) is 1. The Balaban J connectivity index is 1.19. The number of amides is 3. The second kappa shape index (κ2) is 14.6. The fourth-order valence-electron chi connectivity index (χ4n) is 3.91. The van der Waals surface area contributed by atoms with Gasteiger partial charge in [-0.15, -0.1) is 23.1 Å². The third-order valence-corrected chi connectivity index (χ3v) is 8.13. The van der Waals surface area contributed by atoms with Crippen LogP contribution in [0.2, 0.25) is 5.02 Å². The van der Waals surface area contributed by atoms with Crippen LogP contribution < -0.4 is 16.0 Å². The molecule has 11 heteroatoms. The van der Waals surface area contributed by atoms with E-state index in [0.29, 0.717) is 21.4 Å². The van der Waals surface area contributed by atoms with Crippen LogP contribution in [-0.4, -0.2) is 28.5 Å². The average molecular weight is 643 g/mol. The van der Waals surface area contributed by atoms with Crippen LogP contribution in [0, 0.1) is 5.82 Å². The van der Waals surface area contributed by atoms with Gasteiger partial charge in [0.15, 0.2) is 5.13 Å². The first-order valence-corrected chi connectivity index (χ1v) is 15.5. The molecule has 3 N–H and O–H groups in total. The van der Waals surface area contributed by atoms with Gasteiger partial charge in [0, 0.05) is 37.7 Å². The summed E-state index contributed by atoms with van der Waals surface area (Å²) in [6.07, 6.45) is 1.29. The average Bonchev–Trinajstić information content (AvgIpc) is 3.50. The zero-order valence-electron chi connectivity index (χ0n) is 22.9. The van der Waals surface area contributed by atoms with Gasteiger partial charge in [-0.05, 0) is 60.7 Å². The maximum absolute atomic E-state index is 14.4. The molecule has 0 fully saturated rings. The molecule has 0 bridgehead atoms. The summed E-state index contributed by atoms with van der Waals surface area (Å²) in [5, 5.41) is 11.1. The highest BCUT2D eigenvalue weighted by molar-refractivity contribution is 8.00. The number of halogens is 2. The predicted octanol–water partition coefficient (Wildman–Crippen LogP) is 7.74. The van der Waals surface area contributed by atoms with E-state index >= 15 is 0 Å². The summed E-state index contributed by atoms with van der Waals surface area (Å²) in [5.41, 5.74) is 2.48. The first-order chi connectivity index (χ1) is 21.3. The zero-order valence-corrected chi connectivity index (χ0v) is 25.3. The molecule has 0 saturated carbocycles. The second-order valence-corrected chi connectivity index (χ2v) is 11.6. The van der Waals surface area contributed by atoms with Gasteiger partial charge in [0.2, 0.25) is 5.91 Å². The lowest BCUT2D eigenvalue weighted by Crippen LogP contribution is -2.30. The number of hydrogen-bond donors (Lipinski definition) is 3. The summed E-state index contributed by atoms with van der Waals surface area (Å²) in [6, 6.07) is 28.5. The first kappa shape index (κ1) is 30.7. The Morgan fingerprint density at radius 1 is 0.864 bits per heavy atom. The SMILES string of the molecule is O=C(CSc1ccc(NC(=O)/C(=C/c2ccccc2F)NC(=O)c2ccccc2)cc1)Nc1nc(-c2ccc(Cl)cc2)cs1. The monoisotopic (exact) mass is 642 g/mol. The maximum Gasteiger partial charge on any atom is 0.272 e. The predicted molar refractivity (Wildman–Crippen MR) is 175 cm³/mol. The number of benzene rings is 4. The first-order valence-electron chi connectivity index (χ1n) is 13.2. The summed E-state index contributed by atoms with van der Waals surface area (Å²) >= 11 is 8.60. The quantitative estimate of drug-likeness (QED) is 0.107. The minimum Gasteiger partial charge on any atom is -0.321 e. The van der Waals surface area contributed by atoms with E-state index in [4.69, 9.17) is 11.6 Å². The largest absolute Gasteiger partial charge is 0.321 e. The molecular weight excluding hydrogens is 619 g/mol. The van der Waals surface area contributed by atoms with Crippen molar-refractivity contribution in [3.05, 3.63) is 136 Å². The molecule has 1 heterocycles. The molecule has 220 valence electrons. The topological polar surface area (TPSA) is 100 Å². The van der Waals surface area contributed by atoms with Crippen molar-refractivity contribution in [3.8, 4) is 11.3 Å². The van der Waals surface area contributed by atoms with E-state index in [1.54, 1.807) is 72.8 Å². The highest BCUT2D eigenvalue weighted by Crippen LogP contribution is 2.27. The van der Waals surface area contributed by atoms with Gasteiger partial charge in [-0.25, -0.2) is 9.37 Å². The van der Waals surface area contributed by atoms with Crippen molar-refractivity contribution < 1.29 is 18.8 Å². The molecule has 7 nitrogen and oxygen atoms in total. The molecule has 0 atom stereocenters. The Labute approximate surface area is 266 Å². The van der Waals surface area contributed by atoms with Crippen LogP contribution in [0.1, 0.15) is 15.9 Å². The third kappa shape index (κ3) is 8.41. The number of thiazole rings is 1. The Kier molecular flexibility index (Phi) is 10.2. The van der Waals surface area contributed by atoms with Crippen LogP contribution in [-0.2, 0) is 9.59 Å². The Morgan fingerprint density at radius 2 is 1.57 bits per heavy atom. The highest BCUT2D eigenvalue weighted by atomic mass is 35.5. The fourth-order valence-corrected chi connectivity index (χ4v) is 5.47. The van der Waals surface area contributed by atoms with Crippen molar-refractivity contribution in [3.63, 3.8) is 0 Å². The molecule has 3 amide bonds. The molecule has 0 aliphatic carbocycles. The van der Waals surface area contributed by atoms with Crippen LogP contribution in [0.4, 0.5) is 15.2 Å². The summed E-state index contributed by atoms with van der Waals surface area (Å²) in [7, 11) is 0. The Morgan fingerprint density at radius 3 is 2.30 bits per heavy atom. The van der Waals surface area contributed by atoms with E-state index in [0.717, 1.165) is 16.2 Å². The molecule has 1 aromatic heterocycles. The Hall–Kier alpha value is -4.77. The molecule has 5 aromatic rings. The number of anilines is 2. The molecule has 0 aliphatic rings. The normalized spacial score (nSPS) is 11.1. The van der Waals surface area contributed by atoms with Gasteiger partial charge < -0.3 is 16.0 Å². The zero-order chi connectivity index (χ0) is 30.9. The number of thioether (sulfide) groups is 1. The minimum absolute atomic E-state index is 0.125. The second-order valence-electron chi connectivity index (χ2n) is 9.26. The standard InChI is InChI=1S/C33H24ClFN4O3S2/c34-24-12-10-21(11-13-24)29-19-44-33(38-29)39-30(40)20-43-26-16-14-25(15-17-26)36-32(42)28(18-23-8-4-5-9-27(23)35)37-31(41)22-6-2-1-3-7-22/h1-19H,20H2,(H,36,42)(H,37,41)(H,38,39,40)/b28-18-. The number of nitrogens with one attached hydrogen (secondary N) is 3. The summed E-state index contributed by atoms with van der Waals surface area (Å²) in [4.78, 5) is 43.8. The van der Waals surface area contributed by atoms with Gasteiger partial charge in [0.25, 0.3) is 11.8 Å². The van der Waals surface area contributed by atoms with Gasteiger partial charge in [0.05, 0.1) is 11.4 Å². The van der Waals surface area contributed by atoms with E-state index in [-0.39, 0.29) is 22.9 Å². The van der Waals surface area contributed by atoms with Crippen LogP contribution in [0.5, 0.6) is 0 Å². The minimum atomic E-state index is -0.626. The van der Waals surface area contributed by atoms with Gasteiger partial charge in [-0.2, -0.15) is 0 Å². The Bertz CT molecular complexity index is 1810. The molecule has 0 radical (unpaired) electrons. The van der Waals surface area contributed by atoms with E-state index in [9.17, 15) is 18.8 Å². The lowest BCUT2D eigenvalue weighted by Gasteiger charge is -2.12. The molecule has 0 aliphatic heterocycles. The smallest absolute Gasteiger partial charge is 0.272 e. The van der Waals surface area contributed by atoms with Crippen LogP contribution >= 0.6 is 34.7 Å². The molecule has 0 saturated heterocycles. The van der Waals surface area contributed by atoms with E-state index in [1.807, 2.05) is 17.5 Å². The van der Waals surface area contributed by atoms with Crippen molar-refractivity contribution in [2.75, 3.05) is 16.4 Å². The third-order valence-electron chi connectivity index (χ3n) is 6.11. The summed E-state index contributed by atoms with van der Waals surface area (Å²) in [5.74, 6) is -1.72. The molecular formula is C33H24ClFN4O3S2. The van der Waals surface area contributed by atoms with Crippen molar-refractivity contribution in [2.45, 2.75) is 4.90 Å². The number of rotatable bonds is 10. The molecule has 0 spiro atoms. The van der Waals surface area contributed by atoms with Crippen LogP contribution in [0.25, 0.3) is 17.3 Å². The van der Waals surface area contributed by atoms with Gasteiger partial charge in [-0.3, -0.25) is 14.4 Å². The van der Waals surface area contributed by atoms with Gasteiger partial charge >= 0.3 is 0 Å². The van der Waals surface area contributed by atoms with Crippen molar-refractivity contribution in [1.82, 2.24) is 10.3 Å². The van der Waals surface area contributed by atoms with E-state index < -0.39 is 17.6 Å². The van der Waals surface area contributed by atoms with Crippen molar-refractivity contribution in [1.29, 1.82) is 0 Å². The van der Waals surface area contributed by atoms with Crippen LogP contribution in [0.3, 0.4) is 0 Å².